The molecule has 0 saturated carbocycles. The molecular formula is C14H18N4. The summed E-state index contributed by atoms with van der Waals surface area (Å²) in [5.41, 5.74) is 8.59. The first-order chi connectivity index (χ1) is 8.70. The highest BCUT2D eigenvalue weighted by atomic mass is 14.9. The Morgan fingerprint density at radius 2 is 1.94 bits per heavy atom. The lowest BCUT2D eigenvalue weighted by atomic mass is 10.1. The van der Waals surface area contributed by atoms with Crippen LogP contribution in [0.15, 0.2) is 30.6 Å². The number of nitrogens with zero attached hydrogens (tertiary/aromatic N) is 3. The summed E-state index contributed by atoms with van der Waals surface area (Å²) in [6, 6.07) is 5.91. The summed E-state index contributed by atoms with van der Waals surface area (Å²) in [6.07, 6.45) is 4.45. The highest BCUT2D eigenvalue weighted by Crippen LogP contribution is 2.21. The Kier molecular flexibility index (Phi) is 3.99. The van der Waals surface area contributed by atoms with Gasteiger partial charge in [-0.1, -0.05) is 6.92 Å². The van der Waals surface area contributed by atoms with E-state index in [1.54, 1.807) is 12.4 Å². The van der Waals surface area contributed by atoms with Gasteiger partial charge in [0.25, 0.3) is 0 Å². The predicted molar refractivity (Wildman–Crippen MR) is 72.1 cm³/mol. The van der Waals surface area contributed by atoms with E-state index in [0.29, 0.717) is 6.54 Å². The Morgan fingerprint density at radius 1 is 1.22 bits per heavy atom. The lowest BCUT2D eigenvalue weighted by Crippen LogP contribution is -2.09. The highest BCUT2D eigenvalue weighted by Gasteiger charge is 2.10. The second-order valence-electron chi connectivity index (χ2n) is 4.47. The van der Waals surface area contributed by atoms with Crippen LogP contribution in [0.1, 0.15) is 30.8 Å². The highest BCUT2D eigenvalue weighted by molar-refractivity contribution is 5.58. The van der Waals surface area contributed by atoms with Gasteiger partial charge in [-0.2, -0.15) is 0 Å². The van der Waals surface area contributed by atoms with Crippen LogP contribution in [-0.2, 0) is 0 Å². The molecule has 18 heavy (non-hydrogen) atoms. The molecule has 1 unspecified atom stereocenters. The zero-order valence-corrected chi connectivity index (χ0v) is 10.8. The average Bonchev–Trinajstić information content (AvgIpc) is 2.39. The van der Waals surface area contributed by atoms with E-state index >= 15 is 0 Å². The SMILES string of the molecule is Cc1cc(-c2ccncc2)nc(C(C)CCN)n1. The first-order valence-electron chi connectivity index (χ1n) is 6.16. The standard InChI is InChI=1S/C14H18N4/c1-10(3-6-15)14-17-11(2)9-13(18-14)12-4-7-16-8-5-12/h4-5,7-10H,3,6,15H2,1-2H3. The van der Waals surface area contributed by atoms with Crippen LogP contribution in [0.2, 0.25) is 0 Å². The average molecular weight is 242 g/mol. The molecule has 0 bridgehead atoms. The van der Waals surface area contributed by atoms with Crippen molar-refractivity contribution in [1.29, 1.82) is 0 Å². The first-order valence-corrected chi connectivity index (χ1v) is 6.16. The van der Waals surface area contributed by atoms with Crippen molar-refractivity contribution in [1.82, 2.24) is 15.0 Å². The van der Waals surface area contributed by atoms with E-state index in [-0.39, 0.29) is 5.92 Å². The van der Waals surface area contributed by atoms with Crippen molar-refractivity contribution >= 4 is 0 Å². The molecule has 0 aromatic carbocycles. The fraction of sp³-hybridized carbons (Fsp3) is 0.357. The Hall–Kier alpha value is -1.81. The maximum absolute atomic E-state index is 5.59. The van der Waals surface area contributed by atoms with Crippen LogP contribution in [-0.4, -0.2) is 21.5 Å². The quantitative estimate of drug-likeness (QED) is 0.893. The van der Waals surface area contributed by atoms with Crippen LogP contribution in [0, 0.1) is 6.92 Å². The lowest BCUT2D eigenvalue weighted by molar-refractivity contribution is 0.645. The second-order valence-corrected chi connectivity index (χ2v) is 4.47. The molecule has 4 heteroatoms. The number of aryl methyl sites for hydroxylation is 1. The molecule has 2 aromatic rings. The first kappa shape index (κ1) is 12.6. The van der Waals surface area contributed by atoms with Crippen LogP contribution in [0.3, 0.4) is 0 Å². The molecule has 4 nitrogen and oxygen atoms in total. The van der Waals surface area contributed by atoms with Crippen molar-refractivity contribution in [2.45, 2.75) is 26.2 Å². The van der Waals surface area contributed by atoms with E-state index in [1.807, 2.05) is 25.1 Å². The van der Waals surface area contributed by atoms with E-state index in [2.05, 4.69) is 21.9 Å². The van der Waals surface area contributed by atoms with Crippen LogP contribution in [0.5, 0.6) is 0 Å². The molecule has 2 aromatic heterocycles. The topological polar surface area (TPSA) is 64.7 Å². The van der Waals surface area contributed by atoms with Gasteiger partial charge in [-0.25, -0.2) is 9.97 Å². The summed E-state index contributed by atoms with van der Waals surface area (Å²) in [4.78, 5) is 13.1. The van der Waals surface area contributed by atoms with Gasteiger partial charge in [0.15, 0.2) is 0 Å². The summed E-state index contributed by atoms with van der Waals surface area (Å²) in [5, 5.41) is 0. The Labute approximate surface area is 107 Å². The van der Waals surface area contributed by atoms with Crippen molar-refractivity contribution in [2.75, 3.05) is 6.54 Å². The Balaban J connectivity index is 2.38. The molecule has 0 fully saturated rings. The molecule has 2 rings (SSSR count). The van der Waals surface area contributed by atoms with Crippen molar-refractivity contribution < 1.29 is 0 Å². The van der Waals surface area contributed by atoms with E-state index in [0.717, 1.165) is 29.2 Å². The van der Waals surface area contributed by atoms with Crippen LogP contribution >= 0.6 is 0 Å². The lowest BCUT2D eigenvalue weighted by Gasteiger charge is -2.11. The normalized spacial score (nSPS) is 12.4. The van der Waals surface area contributed by atoms with Gasteiger partial charge >= 0.3 is 0 Å². The fourth-order valence-electron chi connectivity index (χ4n) is 1.86. The molecule has 0 amide bonds. The van der Waals surface area contributed by atoms with Crippen LogP contribution < -0.4 is 5.73 Å². The van der Waals surface area contributed by atoms with E-state index in [9.17, 15) is 0 Å². The second kappa shape index (κ2) is 5.69. The van der Waals surface area contributed by atoms with Crippen molar-refractivity contribution in [2.24, 2.45) is 5.73 Å². The largest absolute Gasteiger partial charge is 0.330 e. The third-order valence-corrected chi connectivity index (χ3v) is 2.89. The molecule has 2 N–H and O–H groups in total. The van der Waals surface area contributed by atoms with Crippen molar-refractivity contribution in [3.05, 3.63) is 42.1 Å². The summed E-state index contributed by atoms with van der Waals surface area (Å²) < 4.78 is 0. The van der Waals surface area contributed by atoms with Crippen LogP contribution in [0.25, 0.3) is 11.3 Å². The number of hydrogen-bond donors (Lipinski definition) is 1. The number of hydrogen-bond acceptors (Lipinski definition) is 4. The predicted octanol–water partition coefficient (Wildman–Crippen LogP) is 2.30. The minimum absolute atomic E-state index is 0.287. The molecular weight excluding hydrogens is 224 g/mol. The molecule has 0 radical (unpaired) electrons. The maximum atomic E-state index is 5.59. The van der Waals surface area contributed by atoms with Crippen molar-refractivity contribution in [3.8, 4) is 11.3 Å². The van der Waals surface area contributed by atoms with Gasteiger partial charge in [-0.05, 0) is 38.1 Å². The molecule has 1 atom stereocenters. The summed E-state index contributed by atoms with van der Waals surface area (Å²) in [7, 11) is 0. The Morgan fingerprint density at radius 3 is 2.61 bits per heavy atom. The van der Waals surface area contributed by atoms with Gasteiger partial charge < -0.3 is 5.73 Å². The van der Waals surface area contributed by atoms with Gasteiger partial charge in [-0.3, -0.25) is 4.98 Å². The molecule has 2 heterocycles. The number of nitrogens with two attached hydrogens (primary N) is 1. The zero-order chi connectivity index (χ0) is 13.0. The van der Waals surface area contributed by atoms with E-state index in [4.69, 9.17) is 5.73 Å². The molecule has 94 valence electrons. The van der Waals surface area contributed by atoms with Gasteiger partial charge in [0.2, 0.25) is 0 Å². The molecule has 0 aliphatic carbocycles. The van der Waals surface area contributed by atoms with Gasteiger partial charge in [-0.15, -0.1) is 0 Å². The summed E-state index contributed by atoms with van der Waals surface area (Å²) in [5.74, 6) is 1.16. The summed E-state index contributed by atoms with van der Waals surface area (Å²) in [6.45, 7) is 4.76. The third kappa shape index (κ3) is 2.90. The minimum atomic E-state index is 0.287. The maximum Gasteiger partial charge on any atom is 0.132 e. The minimum Gasteiger partial charge on any atom is -0.330 e. The smallest absolute Gasteiger partial charge is 0.132 e. The van der Waals surface area contributed by atoms with E-state index < -0.39 is 0 Å². The van der Waals surface area contributed by atoms with Gasteiger partial charge in [0.05, 0.1) is 5.69 Å². The number of aromatic nitrogens is 3. The monoisotopic (exact) mass is 242 g/mol. The third-order valence-electron chi connectivity index (χ3n) is 2.89. The molecule has 0 saturated heterocycles. The molecule has 0 spiro atoms. The number of pyridine rings is 1. The molecule has 0 aliphatic rings. The summed E-state index contributed by atoms with van der Waals surface area (Å²) >= 11 is 0. The van der Waals surface area contributed by atoms with E-state index in [1.165, 1.54) is 0 Å². The number of rotatable bonds is 4. The zero-order valence-electron chi connectivity index (χ0n) is 10.8. The molecule has 0 aliphatic heterocycles. The van der Waals surface area contributed by atoms with Crippen LogP contribution in [0.4, 0.5) is 0 Å². The van der Waals surface area contributed by atoms with Gasteiger partial charge in [0, 0.05) is 29.6 Å². The Bertz CT molecular complexity index is 510. The van der Waals surface area contributed by atoms with Gasteiger partial charge in [0.1, 0.15) is 5.82 Å². The fourth-order valence-corrected chi connectivity index (χ4v) is 1.86. The van der Waals surface area contributed by atoms with Crippen molar-refractivity contribution in [3.63, 3.8) is 0 Å².